The number of ether oxygens (including phenoxy) is 1. The third-order valence-corrected chi connectivity index (χ3v) is 6.80. The first kappa shape index (κ1) is 19.8. The molecular weight excluding hydrogens is 404 g/mol. The maximum Gasteiger partial charge on any atom is 0.247 e. The zero-order valence-corrected chi connectivity index (χ0v) is 17.0. The summed E-state index contributed by atoms with van der Waals surface area (Å²) in [7, 11) is -2.34. The largest absolute Gasteiger partial charge is 0.495 e. The lowest BCUT2D eigenvalue weighted by Crippen LogP contribution is -2.38. The molecule has 0 fully saturated rings. The molecule has 2 N–H and O–H groups in total. The van der Waals surface area contributed by atoms with Gasteiger partial charge in [-0.2, -0.15) is 4.31 Å². The van der Waals surface area contributed by atoms with Gasteiger partial charge in [0.1, 0.15) is 10.6 Å². The number of hydrogen-bond acceptors (Lipinski definition) is 4. The summed E-state index contributed by atoms with van der Waals surface area (Å²) in [5, 5.41) is 0. The number of benzene rings is 2. The minimum Gasteiger partial charge on any atom is -0.495 e. The van der Waals surface area contributed by atoms with Crippen molar-refractivity contribution in [3.8, 4) is 5.75 Å². The molecule has 0 heterocycles. The molecule has 5 nitrogen and oxygen atoms in total. The Bertz CT molecular complexity index is 826. The number of halogens is 1. The minimum absolute atomic E-state index is 0.0759. The number of nitrogens with zero attached hydrogens (tertiary/aromatic N) is 1. The summed E-state index contributed by atoms with van der Waals surface area (Å²) in [4.78, 5) is 0.0759. The standard InChI is InChI=1S/C18H23BrN2O3S/c1-4-13(2)21(12-14-8-6-5-7-9-14)25(22,23)18-11-16(20)15(19)10-17(18)24-3/h5-11,13H,4,12,20H2,1-3H3. The van der Waals surface area contributed by atoms with Gasteiger partial charge in [0, 0.05) is 22.7 Å². The fourth-order valence-electron chi connectivity index (χ4n) is 2.48. The summed E-state index contributed by atoms with van der Waals surface area (Å²) >= 11 is 3.31. The second-order valence-electron chi connectivity index (χ2n) is 5.82. The van der Waals surface area contributed by atoms with E-state index in [-0.39, 0.29) is 23.2 Å². The summed E-state index contributed by atoms with van der Waals surface area (Å²) < 4.78 is 34.1. The molecule has 0 aliphatic heterocycles. The van der Waals surface area contributed by atoms with Crippen molar-refractivity contribution in [2.75, 3.05) is 12.8 Å². The third kappa shape index (κ3) is 4.34. The molecule has 2 aromatic carbocycles. The molecule has 0 aromatic heterocycles. The molecule has 25 heavy (non-hydrogen) atoms. The summed E-state index contributed by atoms with van der Waals surface area (Å²) in [6.07, 6.45) is 0.695. The Morgan fingerprint density at radius 2 is 1.88 bits per heavy atom. The molecule has 0 aliphatic rings. The summed E-state index contributed by atoms with van der Waals surface area (Å²) in [5.41, 5.74) is 7.19. The first-order valence-corrected chi connectivity index (χ1v) is 10.2. The van der Waals surface area contributed by atoms with E-state index in [0.29, 0.717) is 16.6 Å². The van der Waals surface area contributed by atoms with Crippen LogP contribution in [0, 0.1) is 0 Å². The van der Waals surface area contributed by atoms with Gasteiger partial charge >= 0.3 is 0 Å². The van der Waals surface area contributed by atoms with E-state index < -0.39 is 10.0 Å². The Labute approximate surface area is 158 Å². The molecule has 0 bridgehead atoms. The maximum atomic E-state index is 13.4. The average Bonchev–Trinajstić information content (AvgIpc) is 2.61. The van der Waals surface area contributed by atoms with Crippen molar-refractivity contribution in [3.63, 3.8) is 0 Å². The quantitative estimate of drug-likeness (QED) is 0.678. The van der Waals surface area contributed by atoms with Crippen LogP contribution < -0.4 is 10.5 Å². The molecule has 2 aromatic rings. The van der Waals surface area contributed by atoms with Gasteiger partial charge in [0.2, 0.25) is 10.0 Å². The van der Waals surface area contributed by atoms with E-state index in [2.05, 4.69) is 15.9 Å². The first-order valence-electron chi connectivity index (χ1n) is 8.00. The van der Waals surface area contributed by atoms with Gasteiger partial charge in [0.25, 0.3) is 0 Å². The second kappa shape index (κ2) is 8.21. The Morgan fingerprint density at radius 3 is 2.44 bits per heavy atom. The maximum absolute atomic E-state index is 13.4. The molecule has 1 unspecified atom stereocenters. The lowest BCUT2D eigenvalue weighted by Gasteiger charge is -2.28. The van der Waals surface area contributed by atoms with Crippen molar-refractivity contribution in [2.45, 2.75) is 37.8 Å². The molecule has 0 saturated heterocycles. The SMILES string of the molecule is CCC(C)N(Cc1ccccc1)S(=O)(=O)c1cc(N)c(Br)cc1OC. The predicted octanol–water partition coefficient (Wildman–Crippen LogP) is 4.03. The Hall–Kier alpha value is -1.57. The van der Waals surface area contributed by atoms with Crippen LogP contribution in [0.3, 0.4) is 0 Å². The van der Waals surface area contributed by atoms with Crippen LogP contribution in [0.25, 0.3) is 0 Å². The highest BCUT2D eigenvalue weighted by atomic mass is 79.9. The van der Waals surface area contributed by atoms with Gasteiger partial charge in [0.15, 0.2) is 0 Å². The molecule has 2 rings (SSSR count). The van der Waals surface area contributed by atoms with Crippen LogP contribution >= 0.6 is 15.9 Å². The van der Waals surface area contributed by atoms with Crippen molar-refractivity contribution < 1.29 is 13.2 Å². The number of nitrogens with two attached hydrogens (primary N) is 1. The second-order valence-corrected chi connectivity index (χ2v) is 8.53. The zero-order chi connectivity index (χ0) is 18.6. The number of rotatable bonds is 7. The number of sulfonamides is 1. The molecule has 1 atom stereocenters. The number of methoxy groups -OCH3 is 1. The number of nitrogen functional groups attached to an aromatic ring is 1. The van der Waals surface area contributed by atoms with Crippen molar-refractivity contribution >= 4 is 31.6 Å². The first-order chi connectivity index (χ1) is 11.8. The fraction of sp³-hybridized carbons (Fsp3) is 0.333. The molecule has 0 radical (unpaired) electrons. The molecule has 0 saturated carbocycles. The topological polar surface area (TPSA) is 72.6 Å². The molecule has 7 heteroatoms. The Balaban J connectivity index is 2.54. The van der Waals surface area contributed by atoms with Crippen LogP contribution in [0.15, 0.2) is 51.8 Å². The van der Waals surface area contributed by atoms with Crippen molar-refractivity contribution in [3.05, 3.63) is 52.5 Å². The van der Waals surface area contributed by atoms with Crippen LogP contribution in [-0.4, -0.2) is 25.9 Å². The van der Waals surface area contributed by atoms with Gasteiger partial charge in [-0.1, -0.05) is 37.3 Å². The van der Waals surface area contributed by atoms with Gasteiger partial charge < -0.3 is 10.5 Å². The van der Waals surface area contributed by atoms with Gasteiger partial charge in [-0.3, -0.25) is 0 Å². The predicted molar refractivity (Wildman–Crippen MR) is 104 cm³/mol. The number of anilines is 1. The fourth-order valence-corrected chi connectivity index (χ4v) is 4.67. The van der Waals surface area contributed by atoms with Gasteiger partial charge in [-0.15, -0.1) is 0 Å². The Morgan fingerprint density at radius 1 is 1.24 bits per heavy atom. The van der Waals surface area contributed by atoms with Crippen LogP contribution in [0.4, 0.5) is 5.69 Å². The van der Waals surface area contributed by atoms with Gasteiger partial charge in [0.05, 0.1) is 7.11 Å². The van der Waals surface area contributed by atoms with Crippen LogP contribution in [-0.2, 0) is 16.6 Å². The average molecular weight is 427 g/mol. The zero-order valence-electron chi connectivity index (χ0n) is 14.6. The summed E-state index contributed by atoms with van der Waals surface area (Å²) in [6.45, 7) is 4.15. The number of hydrogen-bond donors (Lipinski definition) is 1. The van der Waals surface area contributed by atoms with E-state index in [9.17, 15) is 8.42 Å². The van der Waals surface area contributed by atoms with Crippen molar-refractivity contribution in [2.24, 2.45) is 0 Å². The molecular formula is C18H23BrN2O3S. The molecule has 0 spiro atoms. The minimum atomic E-state index is -3.79. The lowest BCUT2D eigenvalue weighted by atomic mass is 10.2. The van der Waals surface area contributed by atoms with Crippen molar-refractivity contribution in [1.29, 1.82) is 0 Å². The van der Waals surface area contributed by atoms with Gasteiger partial charge in [-0.25, -0.2) is 8.42 Å². The van der Waals surface area contributed by atoms with E-state index in [1.165, 1.54) is 17.5 Å². The van der Waals surface area contributed by atoms with Crippen LogP contribution in [0.5, 0.6) is 5.75 Å². The summed E-state index contributed by atoms with van der Waals surface area (Å²) in [6, 6.07) is 12.4. The van der Waals surface area contributed by atoms with E-state index in [1.54, 1.807) is 6.07 Å². The highest BCUT2D eigenvalue weighted by molar-refractivity contribution is 9.10. The normalized spacial score (nSPS) is 13.0. The molecule has 0 amide bonds. The smallest absolute Gasteiger partial charge is 0.247 e. The lowest BCUT2D eigenvalue weighted by molar-refractivity contribution is 0.320. The van der Waals surface area contributed by atoms with E-state index in [4.69, 9.17) is 10.5 Å². The molecule has 136 valence electrons. The monoisotopic (exact) mass is 426 g/mol. The Kier molecular flexibility index (Phi) is 6.48. The van der Waals surface area contributed by atoms with E-state index in [1.807, 2.05) is 44.2 Å². The van der Waals surface area contributed by atoms with Crippen LogP contribution in [0.2, 0.25) is 0 Å². The molecule has 0 aliphatic carbocycles. The highest BCUT2D eigenvalue weighted by Crippen LogP contribution is 2.35. The summed E-state index contributed by atoms with van der Waals surface area (Å²) in [5.74, 6) is 0.266. The van der Waals surface area contributed by atoms with Crippen LogP contribution in [0.1, 0.15) is 25.8 Å². The highest BCUT2D eigenvalue weighted by Gasteiger charge is 2.31. The third-order valence-electron chi connectivity index (χ3n) is 4.13. The van der Waals surface area contributed by atoms with E-state index >= 15 is 0 Å². The van der Waals surface area contributed by atoms with Gasteiger partial charge in [-0.05, 0) is 47.0 Å². The van der Waals surface area contributed by atoms with E-state index in [0.717, 1.165) is 5.56 Å². The van der Waals surface area contributed by atoms with Crippen molar-refractivity contribution in [1.82, 2.24) is 4.31 Å².